The van der Waals surface area contributed by atoms with Crippen molar-refractivity contribution >= 4 is 20.9 Å². The maximum absolute atomic E-state index is 12.9. The number of nitrogens with zero attached hydrogens (tertiary/aromatic N) is 2. The van der Waals surface area contributed by atoms with Gasteiger partial charge in [-0.05, 0) is 31.2 Å². The molecule has 0 aliphatic rings. The van der Waals surface area contributed by atoms with Gasteiger partial charge >= 0.3 is 0 Å². The van der Waals surface area contributed by atoms with Gasteiger partial charge in [0.1, 0.15) is 5.69 Å². The zero-order valence-electron chi connectivity index (χ0n) is 11.6. The predicted octanol–water partition coefficient (Wildman–Crippen LogP) is 3.52. The van der Waals surface area contributed by atoms with Gasteiger partial charge in [-0.25, -0.2) is 21.2 Å². The lowest BCUT2D eigenvalue weighted by Gasteiger charge is -2.08. The average molecular weight is 322 g/mol. The molecule has 0 spiro atoms. The van der Waals surface area contributed by atoms with Crippen molar-refractivity contribution in [2.24, 2.45) is 0 Å². The molecule has 0 saturated heterocycles. The minimum atomic E-state index is -3.84. The van der Waals surface area contributed by atoms with E-state index in [9.17, 15) is 17.2 Å². The molecule has 0 saturated carbocycles. The van der Waals surface area contributed by atoms with Gasteiger partial charge in [0.2, 0.25) is 0 Å². The number of benzene rings is 1. The highest BCUT2D eigenvalue weighted by atomic mass is 32.2. The van der Waals surface area contributed by atoms with Crippen LogP contribution in [0.3, 0.4) is 0 Å². The zero-order valence-corrected chi connectivity index (χ0v) is 12.4. The summed E-state index contributed by atoms with van der Waals surface area (Å²) in [4.78, 5) is 3.73. The van der Waals surface area contributed by atoms with Crippen LogP contribution in [0.5, 0.6) is 0 Å². The van der Waals surface area contributed by atoms with Gasteiger partial charge in [0.15, 0.2) is 0 Å². The predicted molar refractivity (Wildman–Crippen MR) is 78.5 cm³/mol. The summed E-state index contributed by atoms with van der Waals surface area (Å²) in [6.07, 6.45) is -0.306. The Morgan fingerprint density at radius 1 is 1.09 bits per heavy atom. The van der Waals surface area contributed by atoms with Gasteiger partial charge in [-0.2, -0.15) is 0 Å². The van der Waals surface area contributed by atoms with Crippen LogP contribution in [0.15, 0.2) is 53.7 Å². The van der Waals surface area contributed by atoms with E-state index in [-0.39, 0.29) is 15.8 Å². The fraction of sp³-hybridized carbons (Fsp3) is 0.133. The Labute approximate surface area is 126 Å². The second-order valence-electron chi connectivity index (χ2n) is 4.86. The van der Waals surface area contributed by atoms with E-state index in [4.69, 9.17) is 0 Å². The van der Waals surface area contributed by atoms with Gasteiger partial charge in [-0.15, -0.1) is 0 Å². The van der Waals surface area contributed by atoms with Crippen molar-refractivity contribution in [1.29, 1.82) is 0 Å². The van der Waals surface area contributed by atoms with Crippen LogP contribution in [-0.4, -0.2) is 17.4 Å². The molecular formula is C15H12F2N2O2S. The van der Waals surface area contributed by atoms with Crippen LogP contribution in [0.4, 0.5) is 8.78 Å². The van der Waals surface area contributed by atoms with Crippen molar-refractivity contribution in [2.75, 3.05) is 0 Å². The number of hydrogen-bond acceptors (Lipinski definition) is 3. The lowest BCUT2D eigenvalue weighted by molar-refractivity contribution is 0.148. The van der Waals surface area contributed by atoms with E-state index in [1.54, 1.807) is 12.1 Å². The van der Waals surface area contributed by atoms with Crippen LogP contribution in [-0.2, 0) is 10.0 Å². The normalized spacial score (nSPS) is 12.2. The van der Waals surface area contributed by atoms with Crippen molar-refractivity contribution in [2.45, 2.75) is 18.2 Å². The SMILES string of the molecule is Cc1ccc(S(=O)(=O)n2ccc3c(C(F)F)nccc32)cc1. The first-order valence-corrected chi connectivity index (χ1v) is 7.91. The minimum absolute atomic E-state index is 0.103. The number of alkyl halides is 2. The molecule has 0 bridgehead atoms. The van der Waals surface area contributed by atoms with Crippen molar-refractivity contribution in [3.05, 3.63) is 60.0 Å². The fourth-order valence-corrected chi connectivity index (χ4v) is 3.62. The molecule has 0 aliphatic carbocycles. The van der Waals surface area contributed by atoms with Crippen LogP contribution >= 0.6 is 0 Å². The third kappa shape index (κ3) is 2.27. The van der Waals surface area contributed by atoms with Crippen molar-refractivity contribution in [3.8, 4) is 0 Å². The van der Waals surface area contributed by atoms with Gasteiger partial charge < -0.3 is 0 Å². The third-order valence-electron chi connectivity index (χ3n) is 3.40. The van der Waals surface area contributed by atoms with Gasteiger partial charge in [0.25, 0.3) is 16.4 Å². The maximum atomic E-state index is 12.9. The summed E-state index contributed by atoms with van der Waals surface area (Å²) >= 11 is 0. The number of halogens is 2. The molecule has 0 amide bonds. The van der Waals surface area contributed by atoms with Crippen LogP contribution in [0.1, 0.15) is 17.7 Å². The topological polar surface area (TPSA) is 52.0 Å². The molecule has 3 rings (SSSR count). The summed E-state index contributed by atoms with van der Waals surface area (Å²) in [6, 6.07) is 9.11. The van der Waals surface area contributed by atoms with Gasteiger partial charge in [0, 0.05) is 17.8 Å². The minimum Gasteiger partial charge on any atom is -0.254 e. The third-order valence-corrected chi connectivity index (χ3v) is 5.10. The molecule has 3 aromatic rings. The van der Waals surface area contributed by atoms with Gasteiger partial charge in [-0.1, -0.05) is 17.7 Å². The Bertz CT molecular complexity index is 932. The summed E-state index contributed by atoms with van der Waals surface area (Å²) in [5.41, 5.74) is 0.696. The molecule has 2 aromatic heterocycles. The largest absolute Gasteiger partial charge is 0.281 e. The highest BCUT2D eigenvalue weighted by Crippen LogP contribution is 2.28. The molecule has 0 radical (unpaired) electrons. The lowest BCUT2D eigenvalue weighted by Crippen LogP contribution is -2.11. The molecule has 114 valence electrons. The highest BCUT2D eigenvalue weighted by Gasteiger charge is 2.21. The average Bonchev–Trinajstić information content (AvgIpc) is 2.92. The first-order valence-electron chi connectivity index (χ1n) is 6.47. The molecular weight excluding hydrogens is 310 g/mol. The Balaban J connectivity index is 2.22. The first kappa shape index (κ1) is 14.6. The smallest absolute Gasteiger partial charge is 0.254 e. The Kier molecular flexibility index (Phi) is 3.44. The van der Waals surface area contributed by atoms with Crippen LogP contribution in [0, 0.1) is 6.92 Å². The second kappa shape index (κ2) is 5.17. The maximum Gasteiger partial charge on any atom is 0.281 e. The second-order valence-corrected chi connectivity index (χ2v) is 6.67. The van der Waals surface area contributed by atoms with E-state index >= 15 is 0 Å². The number of aromatic nitrogens is 2. The number of aryl methyl sites for hydroxylation is 1. The molecule has 4 nitrogen and oxygen atoms in total. The number of fused-ring (bicyclic) bond motifs is 1. The van der Waals surface area contributed by atoms with Crippen LogP contribution in [0.25, 0.3) is 10.9 Å². The number of pyridine rings is 1. The summed E-state index contributed by atoms with van der Waals surface area (Å²) in [5.74, 6) is 0. The van der Waals surface area contributed by atoms with Gasteiger partial charge in [0.05, 0.1) is 10.4 Å². The van der Waals surface area contributed by atoms with E-state index in [1.165, 1.54) is 36.7 Å². The molecule has 1 aromatic carbocycles. The molecule has 0 aliphatic heterocycles. The molecule has 7 heteroatoms. The quantitative estimate of drug-likeness (QED) is 0.741. The van der Waals surface area contributed by atoms with E-state index in [1.807, 2.05) is 6.92 Å². The fourth-order valence-electron chi connectivity index (χ4n) is 2.27. The Morgan fingerprint density at radius 2 is 1.77 bits per heavy atom. The van der Waals surface area contributed by atoms with Crippen molar-refractivity contribution < 1.29 is 17.2 Å². The van der Waals surface area contributed by atoms with Crippen LogP contribution in [0.2, 0.25) is 0 Å². The lowest BCUT2D eigenvalue weighted by atomic mass is 10.2. The molecule has 0 fully saturated rings. The summed E-state index contributed by atoms with van der Waals surface area (Å²) < 4.78 is 52.2. The molecule has 22 heavy (non-hydrogen) atoms. The van der Waals surface area contributed by atoms with E-state index < -0.39 is 22.1 Å². The van der Waals surface area contributed by atoms with E-state index in [2.05, 4.69) is 4.98 Å². The van der Waals surface area contributed by atoms with E-state index in [0.29, 0.717) is 0 Å². The summed E-state index contributed by atoms with van der Waals surface area (Å²) in [7, 11) is -3.84. The van der Waals surface area contributed by atoms with Crippen molar-refractivity contribution in [1.82, 2.24) is 8.96 Å². The summed E-state index contributed by atoms with van der Waals surface area (Å²) in [6.45, 7) is 1.85. The number of rotatable bonds is 3. The molecule has 2 heterocycles. The standard InChI is InChI=1S/C15H12F2N2O2S/c1-10-2-4-11(5-3-10)22(20,21)19-9-7-12-13(19)6-8-18-14(12)15(16)17/h2-9,15H,1H3. The Morgan fingerprint density at radius 3 is 2.41 bits per heavy atom. The highest BCUT2D eigenvalue weighted by molar-refractivity contribution is 7.90. The monoisotopic (exact) mass is 322 g/mol. The van der Waals surface area contributed by atoms with Gasteiger partial charge in [-0.3, -0.25) is 4.98 Å². The van der Waals surface area contributed by atoms with E-state index in [0.717, 1.165) is 9.54 Å². The van der Waals surface area contributed by atoms with Crippen LogP contribution < -0.4 is 0 Å². The molecule has 0 unspecified atom stereocenters. The number of hydrogen-bond donors (Lipinski definition) is 0. The summed E-state index contributed by atoms with van der Waals surface area (Å²) in [5, 5.41) is 0.133. The molecule has 0 N–H and O–H groups in total. The zero-order chi connectivity index (χ0) is 15.9. The Hall–Kier alpha value is -2.28. The molecule has 0 atom stereocenters. The van der Waals surface area contributed by atoms with Crippen molar-refractivity contribution in [3.63, 3.8) is 0 Å². The first-order chi connectivity index (χ1) is 10.4.